The van der Waals surface area contributed by atoms with Crippen molar-refractivity contribution in [2.24, 2.45) is 0 Å². The zero-order valence-electron chi connectivity index (χ0n) is 21.9. The van der Waals surface area contributed by atoms with E-state index >= 15 is 0 Å². The number of aliphatic carboxylic acids is 1. The molecule has 212 valence electrons. The first-order valence-electron chi connectivity index (χ1n) is 12.4. The molecule has 2 aromatic carbocycles. The van der Waals surface area contributed by atoms with Crippen LogP contribution < -0.4 is 4.74 Å². The Hall–Kier alpha value is -3.94. The van der Waals surface area contributed by atoms with Crippen molar-refractivity contribution in [1.29, 1.82) is 0 Å². The summed E-state index contributed by atoms with van der Waals surface area (Å²) in [6.45, 7) is 3.44. The maximum absolute atomic E-state index is 14.0. The molecule has 0 aliphatic carbocycles. The molecule has 12 nitrogen and oxygen atoms in total. The fourth-order valence-electron chi connectivity index (χ4n) is 4.66. The number of hydrogen-bond donors (Lipinski definition) is 4. The van der Waals surface area contributed by atoms with Crippen LogP contribution in [-0.2, 0) is 29.4 Å². The molecule has 4 N–H and O–H groups in total. The van der Waals surface area contributed by atoms with Crippen molar-refractivity contribution in [2.45, 2.75) is 56.3 Å². The second-order valence-corrected chi connectivity index (χ2v) is 9.27. The van der Waals surface area contributed by atoms with Gasteiger partial charge in [0.15, 0.2) is 11.7 Å². The number of methoxy groups -OCH3 is 1. The zero-order chi connectivity index (χ0) is 29.0. The standard InChI is InChI=1S/C28H30N2O10/c1-15-14-16(2)30-27(29-15)39-23(25(36)40-26-21(33)19(31)20(32)22(38-26)24(34)35)28(37-3,17-10-6-4-7-11-17)18-12-8-5-9-13-18/h4-14,19-23,26,31-33H,1-3H3,(H,34,35)/t19-,20+,21+,22+,23+,26+/m1/s1. The Morgan fingerprint density at radius 1 is 0.875 bits per heavy atom. The summed E-state index contributed by atoms with van der Waals surface area (Å²) in [6.07, 6.45) is -11.6. The Morgan fingerprint density at radius 3 is 1.88 bits per heavy atom. The van der Waals surface area contributed by atoms with E-state index in [1.54, 1.807) is 80.6 Å². The Kier molecular flexibility index (Phi) is 8.76. The normalized spacial score (nSPS) is 23.7. The molecule has 0 amide bonds. The number of carboxylic acid groups (broad SMARTS) is 1. The molecule has 0 radical (unpaired) electrons. The number of esters is 1. The number of ether oxygens (including phenoxy) is 4. The number of aliphatic hydroxyl groups excluding tert-OH is 3. The zero-order valence-corrected chi connectivity index (χ0v) is 21.9. The van der Waals surface area contributed by atoms with Crippen molar-refractivity contribution in [2.75, 3.05) is 7.11 Å². The van der Waals surface area contributed by atoms with Gasteiger partial charge in [-0.3, -0.25) is 0 Å². The van der Waals surface area contributed by atoms with Crippen LogP contribution in [-0.4, -0.2) is 86.3 Å². The summed E-state index contributed by atoms with van der Waals surface area (Å²) in [5.74, 6) is -2.79. The van der Waals surface area contributed by atoms with Gasteiger partial charge in [-0.15, -0.1) is 0 Å². The van der Waals surface area contributed by atoms with Crippen molar-refractivity contribution in [3.8, 4) is 6.01 Å². The predicted molar refractivity (Wildman–Crippen MR) is 137 cm³/mol. The van der Waals surface area contributed by atoms with E-state index in [9.17, 15) is 30.0 Å². The molecule has 6 atom stereocenters. The van der Waals surface area contributed by atoms with Crippen LogP contribution in [0.15, 0.2) is 66.7 Å². The minimum Gasteiger partial charge on any atom is -0.479 e. The SMILES string of the molecule is COC(c1ccccc1)(c1ccccc1)[C@@H](Oc1nc(C)cc(C)n1)C(=O)O[C@@H]1O[C@H](C(=O)O)[C@@H](O)[C@@H](O)[C@@H]1O. The van der Waals surface area contributed by atoms with E-state index in [1.165, 1.54) is 7.11 Å². The van der Waals surface area contributed by atoms with Crippen LogP contribution in [0, 0.1) is 13.8 Å². The van der Waals surface area contributed by atoms with E-state index < -0.39 is 54.3 Å². The number of benzene rings is 2. The predicted octanol–water partition coefficient (Wildman–Crippen LogP) is 0.866. The van der Waals surface area contributed by atoms with Crippen LogP contribution in [0.5, 0.6) is 6.01 Å². The highest BCUT2D eigenvalue weighted by Crippen LogP contribution is 2.39. The maximum atomic E-state index is 14.0. The fourth-order valence-corrected chi connectivity index (χ4v) is 4.66. The fraction of sp³-hybridized carbons (Fsp3) is 0.357. The lowest BCUT2D eigenvalue weighted by Crippen LogP contribution is -2.61. The summed E-state index contributed by atoms with van der Waals surface area (Å²) in [5, 5.41) is 40.2. The van der Waals surface area contributed by atoms with Gasteiger partial charge in [-0.2, -0.15) is 0 Å². The number of nitrogens with zero attached hydrogens (tertiary/aromatic N) is 2. The highest BCUT2D eigenvalue weighted by Gasteiger charge is 2.53. The molecule has 4 rings (SSSR count). The van der Waals surface area contributed by atoms with Gasteiger partial charge in [0.25, 0.3) is 0 Å². The molecule has 1 saturated heterocycles. The van der Waals surface area contributed by atoms with Gasteiger partial charge in [0.1, 0.15) is 18.3 Å². The first kappa shape index (κ1) is 29.1. The summed E-state index contributed by atoms with van der Waals surface area (Å²) in [6, 6.07) is 18.9. The first-order chi connectivity index (χ1) is 19.1. The van der Waals surface area contributed by atoms with Gasteiger partial charge < -0.3 is 39.4 Å². The third-order valence-electron chi connectivity index (χ3n) is 6.54. The topological polar surface area (TPSA) is 178 Å². The highest BCUT2D eigenvalue weighted by molar-refractivity contribution is 5.79. The van der Waals surface area contributed by atoms with Crippen molar-refractivity contribution in [3.63, 3.8) is 0 Å². The molecular weight excluding hydrogens is 524 g/mol. The molecule has 0 saturated carbocycles. The third kappa shape index (κ3) is 5.67. The number of carboxylic acids is 1. The molecular formula is C28H30N2O10. The maximum Gasteiger partial charge on any atom is 0.353 e. The van der Waals surface area contributed by atoms with Crippen molar-refractivity contribution in [1.82, 2.24) is 9.97 Å². The molecule has 0 spiro atoms. The molecule has 1 aromatic heterocycles. The molecule has 0 unspecified atom stereocenters. The van der Waals surface area contributed by atoms with E-state index in [1.807, 2.05) is 0 Å². The molecule has 12 heteroatoms. The number of hydrogen-bond acceptors (Lipinski definition) is 11. The Labute approximate surface area is 229 Å². The molecule has 2 heterocycles. The van der Waals surface area contributed by atoms with Crippen LogP contribution in [0.25, 0.3) is 0 Å². The van der Waals surface area contributed by atoms with Crippen LogP contribution in [0.3, 0.4) is 0 Å². The van der Waals surface area contributed by atoms with Crippen molar-refractivity contribution in [3.05, 3.63) is 89.2 Å². The van der Waals surface area contributed by atoms with Crippen molar-refractivity contribution < 1.29 is 49.0 Å². The Morgan fingerprint density at radius 2 is 1.40 bits per heavy atom. The van der Waals surface area contributed by atoms with Gasteiger partial charge in [0, 0.05) is 18.5 Å². The Balaban J connectivity index is 1.83. The van der Waals surface area contributed by atoms with Gasteiger partial charge >= 0.3 is 17.9 Å². The summed E-state index contributed by atoms with van der Waals surface area (Å²) in [4.78, 5) is 34.1. The van der Waals surface area contributed by atoms with Crippen LogP contribution >= 0.6 is 0 Å². The average Bonchev–Trinajstić information content (AvgIpc) is 2.94. The number of aryl methyl sites for hydroxylation is 2. The second kappa shape index (κ2) is 12.1. The lowest BCUT2D eigenvalue weighted by Gasteiger charge is -2.41. The van der Waals surface area contributed by atoms with Gasteiger partial charge in [-0.05, 0) is 31.0 Å². The molecule has 40 heavy (non-hydrogen) atoms. The quantitative estimate of drug-likeness (QED) is 0.275. The van der Waals surface area contributed by atoms with Crippen LogP contribution in [0.2, 0.25) is 0 Å². The van der Waals surface area contributed by atoms with E-state index in [0.29, 0.717) is 22.5 Å². The van der Waals surface area contributed by atoms with Gasteiger partial charge in [-0.25, -0.2) is 19.6 Å². The molecule has 3 aromatic rings. The lowest BCUT2D eigenvalue weighted by atomic mass is 9.81. The van der Waals surface area contributed by atoms with Crippen LogP contribution in [0.1, 0.15) is 22.5 Å². The van der Waals surface area contributed by atoms with Crippen molar-refractivity contribution >= 4 is 11.9 Å². The lowest BCUT2D eigenvalue weighted by molar-refractivity contribution is -0.289. The van der Waals surface area contributed by atoms with E-state index in [2.05, 4.69) is 9.97 Å². The van der Waals surface area contributed by atoms with E-state index in [4.69, 9.17) is 18.9 Å². The summed E-state index contributed by atoms with van der Waals surface area (Å²) < 4.78 is 22.8. The number of rotatable bonds is 9. The number of aliphatic hydroxyl groups is 3. The largest absolute Gasteiger partial charge is 0.479 e. The minimum absolute atomic E-state index is 0.170. The number of aromatic nitrogens is 2. The van der Waals surface area contributed by atoms with Crippen LogP contribution in [0.4, 0.5) is 0 Å². The monoisotopic (exact) mass is 554 g/mol. The molecule has 1 aliphatic heterocycles. The second-order valence-electron chi connectivity index (χ2n) is 9.27. The third-order valence-corrected chi connectivity index (χ3v) is 6.54. The number of carbonyl (C=O) groups is 2. The molecule has 1 aliphatic rings. The van der Waals surface area contributed by atoms with Gasteiger partial charge in [-0.1, -0.05) is 60.7 Å². The average molecular weight is 555 g/mol. The van der Waals surface area contributed by atoms with E-state index in [-0.39, 0.29) is 6.01 Å². The smallest absolute Gasteiger partial charge is 0.353 e. The molecule has 1 fully saturated rings. The molecule has 0 bridgehead atoms. The Bertz CT molecular complexity index is 1260. The number of carbonyl (C=O) groups excluding carboxylic acids is 1. The first-order valence-corrected chi connectivity index (χ1v) is 12.4. The van der Waals surface area contributed by atoms with Gasteiger partial charge in [0.2, 0.25) is 12.4 Å². The summed E-state index contributed by atoms with van der Waals surface area (Å²) in [7, 11) is 1.37. The highest BCUT2D eigenvalue weighted by atomic mass is 16.7. The van der Waals surface area contributed by atoms with Gasteiger partial charge in [0.05, 0.1) is 0 Å². The minimum atomic E-state index is -1.98. The summed E-state index contributed by atoms with van der Waals surface area (Å²) in [5.41, 5.74) is 0.414. The van der Waals surface area contributed by atoms with E-state index in [0.717, 1.165) is 0 Å². The summed E-state index contributed by atoms with van der Waals surface area (Å²) >= 11 is 0.